The molecule has 28 heavy (non-hydrogen) atoms. The molecule has 0 radical (unpaired) electrons. The predicted octanol–water partition coefficient (Wildman–Crippen LogP) is 4.54. The Balaban J connectivity index is 0.00000280. The van der Waals surface area contributed by atoms with Crippen LogP contribution in [0.4, 0.5) is 11.4 Å². The Morgan fingerprint density at radius 3 is 2.46 bits per heavy atom. The Kier molecular flexibility index (Phi) is 8.15. The lowest BCUT2D eigenvalue weighted by molar-refractivity contribution is -0.116. The fourth-order valence-electron chi connectivity index (χ4n) is 3.27. The van der Waals surface area contributed by atoms with E-state index < -0.39 is 0 Å². The molecule has 0 unspecified atom stereocenters. The van der Waals surface area contributed by atoms with Gasteiger partial charge in [-0.2, -0.15) is 0 Å². The number of nitrogen functional groups attached to an aromatic ring is 1. The average Bonchev–Trinajstić information content (AvgIpc) is 2.68. The first-order valence-corrected chi connectivity index (χ1v) is 9.64. The lowest BCUT2D eigenvalue weighted by atomic mass is 10.1. The van der Waals surface area contributed by atoms with Gasteiger partial charge in [0.2, 0.25) is 5.91 Å². The molecular weight excluding hydrogens is 397 g/mol. The van der Waals surface area contributed by atoms with Gasteiger partial charge < -0.3 is 16.0 Å². The molecule has 1 fully saturated rings. The molecule has 1 aliphatic rings. The largest absolute Gasteiger partial charge is 0.399 e. The first-order chi connectivity index (χ1) is 13.0. The molecule has 150 valence electrons. The predicted molar refractivity (Wildman–Crippen MR) is 116 cm³/mol. The molecule has 0 saturated carbocycles. The monoisotopic (exact) mass is 421 g/mol. The number of carbonyl (C=O) groups excluding carboxylic acids is 2. The summed E-state index contributed by atoms with van der Waals surface area (Å²) in [7, 11) is 0. The molecule has 2 aromatic carbocycles. The molecule has 1 saturated heterocycles. The van der Waals surface area contributed by atoms with E-state index in [-0.39, 0.29) is 24.2 Å². The van der Waals surface area contributed by atoms with Gasteiger partial charge in [-0.1, -0.05) is 29.8 Å². The quantitative estimate of drug-likeness (QED) is 0.695. The molecule has 0 atom stereocenters. The first-order valence-electron chi connectivity index (χ1n) is 9.26. The average molecular weight is 422 g/mol. The van der Waals surface area contributed by atoms with Crippen molar-refractivity contribution in [1.82, 2.24) is 4.90 Å². The summed E-state index contributed by atoms with van der Waals surface area (Å²) in [4.78, 5) is 26.6. The van der Waals surface area contributed by atoms with E-state index in [9.17, 15) is 9.59 Å². The minimum absolute atomic E-state index is 0. The second-order valence-electron chi connectivity index (χ2n) is 6.79. The molecule has 1 heterocycles. The molecular formula is C21H25Cl2N3O2. The van der Waals surface area contributed by atoms with Crippen LogP contribution in [0.25, 0.3) is 0 Å². The summed E-state index contributed by atoms with van der Waals surface area (Å²) in [5.74, 6) is -0.165. The topological polar surface area (TPSA) is 75.4 Å². The number of nitrogens with two attached hydrogens (primary N) is 1. The van der Waals surface area contributed by atoms with Crippen LogP contribution >= 0.6 is 24.0 Å². The number of amides is 2. The van der Waals surface area contributed by atoms with Crippen molar-refractivity contribution in [2.24, 2.45) is 0 Å². The van der Waals surface area contributed by atoms with Crippen molar-refractivity contribution in [1.29, 1.82) is 0 Å². The zero-order chi connectivity index (χ0) is 19.2. The van der Waals surface area contributed by atoms with E-state index >= 15 is 0 Å². The van der Waals surface area contributed by atoms with Gasteiger partial charge in [0.25, 0.3) is 5.91 Å². The number of likely N-dealkylation sites (tertiary alicyclic amines) is 1. The highest BCUT2D eigenvalue weighted by Gasteiger charge is 2.20. The van der Waals surface area contributed by atoms with Crippen molar-refractivity contribution < 1.29 is 9.59 Å². The van der Waals surface area contributed by atoms with Crippen LogP contribution < -0.4 is 11.1 Å². The Bertz CT molecular complexity index is 836. The van der Waals surface area contributed by atoms with Gasteiger partial charge in [0.15, 0.2) is 0 Å². The Labute approximate surface area is 176 Å². The van der Waals surface area contributed by atoms with E-state index in [1.54, 1.807) is 18.2 Å². The zero-order valence-electron chi connectivity index (χ0n) is 15.6. The van der Waals surface area contributed by atoms with Gasteiger partial charge in [0.1, 0.15) is 0 Å². The maximum Gasteiger partial charge on any atom is 0.255 e. The third-order valence-corrected chi connectivity index (χ3v) is 5.12. The van der Waals surface area contributed by atoms with E-state index in [0.717, 1.165) is 37.9 Å². The highest BCUT2D eigenvalue weighted by Crippen LogP contribution is 2.24. The van der Waals surface area contributed by atoms with Crippen molar-refractivity contribution in [2.75, 3.05) is 24.1 Å². The molecule has 0 aliphatic carbocycles. The lowest BCUT2D eigenvalue weighted by Crippen LogP contribution is -2.35. The fourth-order valence-corrected chi connectivity index (χ4v) is 3.53. The number of hydrogen-bond donors (Lipinski definition) is 2. The van der Waals surface area contributed by atoms with Crippen LogP contribution in [0.1, 0.15) is 41.6 Å². The third kappa shape index (κ3) is 5.63. The van der Waals surface area contributed by atoms with Crippen LogP contribution in [0, 0.1) is 0 Å². The van der Waals surface area contributed by atoms with Gasteiger partial charge in [-0.15, -0.1) is 12.4 Å². The molecule has 0 aromatic heterocycles. The minimum atomic E-state index is -0.121. The van der Waals surface area contributed by atoms with Gasteiger partial charge in [0, 0.05) is 30.9 Å². The number of carbonyl (C=O) groups is 2. The lowest BCUT2D eigenvalue weighted by Gasteiger charge is -2.27. The second-order valence-corrected chi connectivity index (χ2v) is 7.20. The molecule has 5 nitrogen and oxygen atoms in total. The number of anilines is 2. The highest BCUT2D eigenvalue weighted by atomic mass is 35.5. The second kappa shape index (κ2) is 10.3. The summed E-state index contributed by atoms with van der Waals surface area (Å²) in [5.41, 5.74) is 8.61. The number of nitrogens with one attached hydrogen (secondary N) is 1. The van der Waals surface area contributed by atoms with Crippen molar-refractivity contribution in [3.05, 3.63) is 58.6 Å². The molecule has 2 aromatic rings. The molecule has 1 aliphatic heterocycles. The van der Waals surface area contributed by atoms with Gasteiger partial charge >= 0.3 is 0 Å². The number of benzene rings is 2. The van der Waals surface area contributed by atoms with Crippen molar-refractivity contribution in [2.45, 2.75) is 32.1 Å². The standard InChI is InChI=1S/C21H24ClN3O2.ClH/c22-18-14-16(9-10-17(18)21(27)25-12-4-1-5-13-25)24-20(26)11-8-15-6-2-3-7-19(15)23;/h2-3,6-7,9-10,14H,1,4-5,8,11-13,23H2,(H,24,26);1H. The maximum absolute atomic E-state index is 12.6. The van der Waals surface area contributed by atoms with Crippen LogP contribution in [0.5, 0.6) is 0 Å². The third-order valence-electron chi connectivity index (χ3n) is 4.80. The summed E-state index contributed by atoms with van der Waals surface area (Å²) in [6, 6.07) is 12.6. The normalized spacial score (nSPS) is 13.5. The Morgan fingerprint density at radius 2 is 1.79 bits per heavy atom. The minimum Gasteiger partial charge on any atom is -0.399 e. The zero-order valence-corrected chi connectivity index (χ0v) is 17.2. The summed E-state index contributed by atoms with van der Waals surface area (Å²) < 4.78 is 0. The number of nitrogens with zero attached hydrogens (tertiary/aromatic N) is 1. The number of rotatable bonds is 5. The van der Waals surface area contributed by atoms with Crippen molar-refractivity contribution in [3.8, 4) is 0 Å². The molecule has 0 spiro atoms. The SMILES string of the molecule is Cl.Nc1ccccc1CCC(=O)Nc1ccc(C(=O)N2CCCCC2)c(Cl)c1. The van der Waals surface area contributed by atoms with Crippen LogP contribution in [0.3, 0.4) is 0 Å². The molecule has 0 bridgehead atoms. The van der Waals surface area contributed by atoms with Crippen LogP contribution in [-0.4, -0.2) is 29.8 Å². The smallest absolute Gasteiger partial charge is 0.255 e. The van der Waals surface area contributed by atoms with Gasteiger partial charge in [-0.25, -0.2) is 0 Å². The van der Waals surface area contributed by atoms with Crippen molar-refractivity contribution >= 4 is 47.2 Å². The number of halogens is 2. The van der Waals surface area contributed by atoms with Gasteiger partial charge in [0.05, 0.1) is 10.6 Å². The van der Waals surface area contributed by atoms with Gasteiger partial charge in [-0.3, -0.25) is 9.59 Å². The number of para-hydroxylation sites is 1. The Hall–Kier alpha value is -2.24. The maximum atomic E-state index is 12.6. The van der Waals surface area contributed by atoms with E-state index in [2.05, 4.69) is 5.32 Å². The molecule has 2 amide bonds. The summed E-state index contributed by atoms with van der Waals surface area (Å²) in [5, 5.41) is 3.19. The number of hydrogen-bond acceptors (Lipinski definition) is 3. The van der Waals surface area contributed by atoms with E-state index in [0.29, 0.717) is 34.8 Å². The Morgan fingerprint density at radius 1 is 1.07 bits per heavy atom. The number of piperidine rings is 1. The van der Waals surface area contributed by atoms with Crippen LogP contribution in [-0.2, 0) is 11.2 Å². The number of aryl methyl sites for hydroxylation is 1. The highest BCUT2D eigenvalue weighted by molar-refractivity contribution is 6.34. The van der Waals surface area contributed by atoms with Gasteiger partial charge in [-0.05, 0) is 55.5 Å². The molecule has 3 N–H and O–H groups in total. The van der Waals surface area contributed by atoms with Crippen LogP contribution in [0.2, 0.25) is 5.02 Å². The summed E-state index contributed by atoms with van der Waals surface area (Å²) in [6.07, 6.45) is 4.11. The summed E-state index contributed by atoms with van der Waals surface area (Å²) >= 11 is 6.31. The van der Waals surface area contributed by atoms with Crippen molar-refractivity contribution in [3.63, 3.8) is 0 Å². The fraction of sp³-hybridized carbons (Fsp3) is 0.333. The van der Waals surface area contributed by atoms with E-state index in [1.807, 2.05) is 29.2 Å². The first kappa shape index (κ1) is 22.1. The van der Waals surface area contributed by atoms with E-state index in [1.165, 1.54) is 0 Å². The summed E-state index contributed by atoms with van der Waals surface area (Å²) in [6.45, 7) is 1.55. The van der Waals surface area contributed by atoms with Crippen LogP contribution in [0.15, 0.2) is 42.5 Å². The molecule has 3 rings (SSSR count). The van der Waals surface area contributed by atoms with E-state index in [4.69, 9.17) is 17.3 Å². The molecule has 7 heteroatoms.